The van der Waals surface area contributed by atoms with Gasteiger partial charge in [0.1, 0.15) is 11.4 Å². The zero-order chi connectivity index (χ0) is 19.5. The van der Waals surface area contributed by atoms with Gasteiger partial charge in [-0.15, -0.1) is 0 Å². The molecule has 2 saturated heterocycles. The summed E-state index contributed by atoms with van der Waals surface area (Å²) in [6.45, 7) is 3.72. The summed E-state index contributed by atoms with van der Waals surface area (Å²) in [5, 5.41) is 9.39. The van der Waals surface area contributed by atoms with E-state index in [1.54, 1.807) is 9.47 Å². The maximum Gasteiger partial charge on any atom is 0.341 e. The molecule has 7 nitrogen and oxygen atoms in total. The predicted octanol–water partition coefficient (Wildman–Crippen LogP) is 1.85. The Labute approximate surface area is 159 Å². The van der Waals surface area contributed by atoms with Crippen LogP contribution in [0.4, 0.5) is 10.1 Å². The Morgan fingerprint density at radius 3 is 2.63 bits per heavy atom. The summed E-state index contributed by atoms with van der Waals surface area (Å²) in [6.07, 6.45) is 1.27. The molecule has 144 valence electrons. The first kappa shape index (κ1) is 18.2. The molecule has 0 aliphatic carbocycles. The third kappa shape index (κ3) is 2.79. The number of halogens is 2. The van der Waals surface area contributed by atoms with E-state index in [0.29, 0.717) is 31.8 Å². The van der Waals surface area contributed by atoms with E-state index in [9.17, 15) is 19.1 Å². The van der Waals surface area contributed by atoms with Crippen LogP contribution in [0.3, 0.4) is 0 Å². The minimum absolute atomic E-state index is 0.0513. The van der Waals surface area contributed by atoms with Gasteiger partial charge in [0, 0.05) is 25.3 Å². The van der Waals surface area contributed by atoms with Crippen molar-refractivity contribution in [2.24, 2.45) is 11.7 Å². The molecule has 27 heavy (non-hydrogen) atoms. The van der Waals surface area contributed by atoms with E-state index in [1.807, 2.05) is 6.92 Å². The molecule has 2 fully saturated rings. The van der Waals surface area contributed by atoms with Crippen molar-refractivity contribution in [2.45, 2.75) is 19.0 Å². The molecule has 1 aromatic heterocycles. The first-order valence-corrected chi connectivity index (χ1v) is 9.05. The van der Waals surface area contributed by atoms with Gasteiger partial charge in [0.2, 0.25) is 5.43 Å². The van der Waals surface area contributed by atoms with Crippen molar-refractivity contribution in [3.05, 3.63) is 38.9 Å². The highest BCUT2D eigenvalue weighted by Crippen LogP contribution is 2.39. The van der Waals surface area contributed by atoms with Crippen LogP contribution in [0.2, 0.25) is 5.02 Å². The molecule has 2 aliphatic rings. The van der Waals surface area contributed by atoms with Crippen LogP contribution in [0.15, 0.2) is 17.1 Å². The number of benzene rings is 1. The van der Waals surface area contributed by atoms with Crippen LogP contribution in [0.1, 0.15) is 23.3 Å². The number of aromatic nitrogens is 1. The molecule has 0 saturated carbocycles. The minimum atomic E-state index is -1.36. The Balaban J connectivity index is 2.00. The molecule has 2 atom stereocenters. The van der Waals surface area contributed by atoms with Crippen LogP contribution in [-0.2, 0) is 4.74 Å². The predicted molar refractivity (Wildman–Crippen MR) is 99.3 cm³/mol. The lowest BCUT2D eigenvalue weighted by Crippen LogP contribution is -2.33. The van der Waals surface area contributed by atoms with Gasteiger partial charge in [0.15, 0.2) is 0 Å². The second-order valence-corrected chi connectivity index (χ2v) is 7.62. The van der Waals surface area contributed by atoms with Crippen molar-refractivity contribution < 1.29 is 19.0 Å². The summed E-state index contributed by atoms with van der Waals surface area (Å²) in [4.78, 5) is 25.9. The van der Waals surface area contributed by atoms with E-state index in [0.717, 1.165) is 6.07 Å². The third-order valence-electron chi connectivity index (χ3n) is 5.41. The first-order valence-electron chi connectivity index (χ1n) is 8.68. The van der Waals surface area contributed by atoms with Gasteiger partial charge in [0.25, 0.3) is 0 Å². The van der Waals surface area contributed by atoms with Crippen molar-refractivity contribution in [3.8, 4) is 0 Å². The molecular formula is C18H19ClFN3O4. The Kier molecular flexibility index (Phi) is 4.37. The van der Waals surface area contributed by atoms with Gasteiger partial charge in [-0.25, -0.2) is 9.18 Å². The second-order valence-electron chi connectivity index (χ2n) is 7.24. The van der Waals surface area contributed by atoms with Crippen LogP contribution in [0.25, 0.3) is 10.9 Å². The molecule has 0 bridgehead atoms. The summed E-state index contributed by atoms with van der Waals surface area (Å²) < 4.78 is 21.8. The molecule has 4 rings (SSSR count). The number of aromatic carboxylic acids is 1. The molecule has 0 radical (unpaired) electrons. The summed E-state index contributed by atoms with van der Waals surface area (Å²) >= 11 is 6.59. The quantitative estimate of drug-likeness (QED) is 0.823. The number of rotatable bonds is 3. The lowest BCUT2D eigenvalue weighted by molar-refractivity contribution is -0.0217. The second kappa shape index (κ2) is 6.47. The molecule has 1 aromatic carbocycles. The maximum absolute atomic E-state index is 14.9. The number of hydrogen-bond acceptors (Lipinski definition) is 5. The topological polar surface area (TPSA) is 97.8 Å². The Bertz CT molecular complexity index is 994. The lowest BCUT2D eigenvalue weighted by Gasteiger charge is -2.31. The first-order chi connectivity index (χ1) is 12.8. The van der Waals surface area contributed by atoms with Crippen LogP contribution in [-0.4, -0.2) is 48.0 Å². The maximum atomic E-state index is 14.9. The highest BCUT2D eigenvalue weighted by atomic mass is 35.5. The number of anilines is 1. The smallest absolute Gasteiger partial charge is 0.341 e. The van der Waals surface area contributed by atoms with Crippen LogP contribution < -0.4 is 16.1 Å². The van der Waals surface area contributed by atoms with Crippen LogP contribution in [0, 0.1) is 11.7 Å². The SMILES string of the molecule is CC1CN(c2c(F)cc3c(=O)c(C(=O)O)cn(C4COC4)c3c2Cl)CC1N. The Hall–Kier alpha value is -2.16. The van der Waals surface area contributed by atoms with Crippen molar-refractivity contribution in [2.75, 3.05) is 31.2 Å². The monoisotopic (exact) mass is 395 g/mol. The van der Waals surface area contributed by atoms with Gasteiger partial charge in [-0.3, -0.25) is 4.79 Å². The zero-order valence-electron chi connectivity index (χ0n) is 14.6. The molecule has 2 aliphatic heterocycles. The fourth-order valence-electron chi connectivity index (χ4n) is 3.72. The van der Waals surface area contributed by atoms with Gasteiger partial charge in [-0.1, -0.05) is 18.5 Å². The number of ether oxygens (including phenoxy) is 1. The van der Waals surface area contributed by atoms with E-state index in [2.05, 4.69) is 0 Å². The van der Waals surface area contributed by atoms with Crippen molar-refractivity contribution in [3.63, 3.8) is 0 Å². The van der Waals surface area contributed by atoms with E-state index < -0.39 is 22.8 Å². The van der Waals surface area contributed by atoms with Gasteiger partial charge < -0.3 is 25.0 Å². The average Bonchev–Trinajstić information content (AvgIpc) is 2.86. The van der Waals surface area contributed by atoms with Crippen molar-refractivity contribution in [1.29, 1.82) is 0 Å². The van der Waals surface area contributed by atoms with E-state index in [1.165, 1.54) is 6.20 Å². The van der Waals surface area contributed by atoms with Crippen molar-refractivity contribution >= 4 is 34.2 Å². The normalized spacial score (nSPS) is 23.0. The molecule has 9 heteroatoms. The largest absolute Gasteiger partial charge is 0.477 e. The molecule has 3 N–H and O–H groups in total. The van der Waals surface area contributed by atoms with Crippen LogP contribution in [0.5, 0.6) is 0 Å². The molecule has 0 spiro atoms. The summed E-state index contributed by atoms with van der Waals surface area (Å²) in [6, 6.07) is 0.810. The molecule has 3 heterocycles. The fourth-order valence-corrected chi connectivity index (χ4v) is 4.13. The summed E-state index contributed by atoms with van der Waals surface area (Å²) in [7, 11) is 0. The van der Waals surface area contributed by atoms with Crippen LogP contribution >= 0.6 is 11.6 Å². The number of pyridine rings is 1. The highest BCUT2D eigenvalue weighted by molar-refractivity contribution is 6.38. The highest BCUT2D eigenvalue weighted by Gasteiger charge is 2.33. The summed E-state index contributed by atoms with van der Waals surface area (Å²) in [5.74, 6) is -1.85. The number of carbonyl (C=O) groups is 1. The van der Waals surface area contributed by atoms with E-state index in [-0.39, 0.29) is 34.1 Å². The van der Waals surface area contributed by atoms with Gasteiger partial charge in [-0.2, -0.15) is 0 Å². The van der Waals surface area contributed by atoms with E-state index >= 15 is 0 Å². The van der Waals surface area contributed by atoms with Gasteiger partial charge in [-0.05, 0) is 12.0 Å². The van der Waals surface area contributed by atoms with Gasteiger partial charge in [0.05, 0.1) is 40.9 Å². The molecule has 0 amide bonds. The third-order valence-corrected chi connectivity index (χ3v) is 5.77. The number of nitrogens with zero attached hydrogens (tertiary/aromatic N) is 2. The molecule has 2 aromatic rings. The minimum Gasteiger partial charge on any atom is -0.477 e. The standard InChI is InChI=1S/C18H19ClFN3O4/c1-8-3-22(5-13(8)21)16-12(20)2-10-15(14(16)19)23(9-6-27-7-9)4-11(17(10)24)18(25)26/h2,4,8-9,13H,3,5-7,21H2,1H3,(H,25,26). The molecular weight excluding hydrogens is 377 g/mol. The fraction of sp³-hybridized carbons (Fsp3) is 0.444. The number of hydrogen-bond donors (Lipinski definition) is 2. The van der Waals surface area contributed by atoms with Gasteiger partial charge >= 0.3 is 5.97 Å². The summed E-state index contributed by atoms with van der Waals surface area (Å²) in [5.41, 5.74) is 5.40. The zero-order valence-corrected chi connectivity index (χ0v) is 15.4. The Morgan fingerprint density at radius 1 is 1.41 bits per heavy atom. The number of carboxylic acids is 1. The Morgan fingerprint density at radius 2 is 2.11 bits per heavy atom. The number of carboxylic acid groups (broad SMARTS) is 1. The van der Waals surface area contributed by atoms with Crippen molar-refractivity contribution in [1.82, 2.24) is 4.57 Å². The number of nitrogens with two attached hydrogens (primary N) is 1. The average molecular weight is 396 g/mol. The van der Waals surface area contributed by atoms with E-state index in [4.69, 9.17) is 22.1 Å². The number of fused-ring (bicyclic) bond motifs is 1. The lowest BCUT2D eigenvalue weighted by atomic mass is 10.1. The molecule has 2 unspecified atom stereocenters.